The number of aliphatic hydroxyl groups is 1. The van der Waals surface area contributed by atoms with E-state index in [4.69, 9.17) is 17.3 Å². The molecule has 0 aliphatic rings. The fraction of sp³-hybridized carbons (Fsp3) is 0.400. The molecule has 0 radical (unpaired) electrons. The summed E-state index contributed by atoms with van der Waals surface area (Å²) in [5.41, 5.74) is 5.27. The van der Waals surface area contributed by atoms with Crippen LogP contribution in [0.15, 0.2) is 24.3 Å². The van der Waals surface area contributed by atoms with Crippen molar-refractivity contribution in [2.24, 2.45) is 5.73 Å². The number of hydrogen-bond donors (Lipinski definition) is 2. The minimum absolute atomic E-state index is 0.365. The van der Waals surface area contributed by atoms with Gasteiger partial charge in [-0.2, -0.15) is 13.2 Å². The molecule has 0 amide bonds. The molecular weight excluding hydrogens is 243 g/mol. The second-order valence-corrected chi connectivity index (χ2v) is 3.89. The lowest BCUT2D eigenvalue weighted by atomic mass is 10.0. The summed E-state index contributed by atoms with van der Waals surface area (Å²) >= 11 is 5.61. The minimum atomic E-state index is -4.49. The van der Waals surface area contributed by atoms with Crippen LogP contribution in [0.3, 0.4) is 0 Å². The van der Waals surface area contributed by atoms with Crippen LogP contribution in [0.2, 0.25) is 5.02 Å². The first kappa shape index (κ1) is 13.3. The highest BCUT2D eigenvalue weighted by molar-refractivity contribution is 6.30. The van der Waals surface area contributed by atoms with Gasteiger partial charge >= 0.3 is 6.18 Å². The van der Waals surface area contributed by atoms with Crippen LogP contribution in [0.4, 0.5) is 13.2 Å². The van der Waals surface area contributed by atoms with Gasteiger partial charge in [0.05, 0.1) is 6.10 Å². The van der Waals surface area contributed by atoms with Crippen LogP contribution < -0.4 is 5.73 Å². The van der Waals surface area contributed by atoms with Crippen LogP contribution in [-0.4, -0.2) is 17.3 Å². The number of nitrogens with two attached hydrogens (primary N) is 1. The first-order valence-corrected chi connectivity index (χ1v) is 4.94. The number of benzene rings is 1. The van der Waals surface area contributed by atoms with Gasteiger partial charge in [-0.25, -0.2) is 0 Å². The molecule has 1 aromatic rings. The van der Waals surface area contributed by atoms with Crippen LogP contribution in [0.5, 0.6) is 0 Å². The lowest BCUT2D eigenvalue weighted by Gasteiger charge is -2.19. The van der Waals surface area contributed by atoms with E-state index in [1.54, 1.807) is 0 Å². The molecule has 2 nitrogen and oxygen atoms in total. The highest BCUT2D eigenvalue weighted by atomic mass is 35.5. The molecule has 0 spiro atoms. The fourth-order valence-corrected chi connectivity index (χ4v) is 1.32. The molecule has 0 saturated heterocycles. The van der Waals surface area contributed by atoms with E-state index in [0.29, 0.717) is 10.6 Å². The van der Waals surface area contributed by atoms with E-state index in [0.717, 1.165) is 0 Å². The maximum atomic E-state index is 12.1. The zero-order valence-electron chi connectivity index (χ0n) is 8.21. The summed E-state index contributed by atoms with van der Waals surface area (Å²) in [6.07, 6.45) is -6.30. The van der Waals surface area contributed by atoms with Crippen LogP contribution in [0.1, 0.15) is 18.1 Å². The summed E-state index contributed by atoms with van der Waals surface area (Å²) in [6.45, 7) is 0. The Bertz CT molecular complexity index is 339. The van der Waals surface area contributed by atoms with E-state index in [2.05, 4.69) is 0 Å². The van der Waals surface area contributed by atoms with E-state index in [1.807, 2.05) is 0 Å². The lowest BCUT2D eigenvalue weighted by Crippen LogP contribution is -2.38. The Morgan fingerprint density at radius 3 is 2.19 bits per heavy atom. The number of rotatable bonds is 3. The Hall–Kier alpha value is -0.780. The van der Waals surface area contributed by atoms with Gasteiger partial charge in [-0.3, -0.25) is 0 Å². The fourth-order valence-electron chi connectivity index (χ4n) is 1.20. The van der Waals surface area contributed by atoms with Crippen molar-refractivity contribution in [1.29, 1.82) is 0 Å². The smallest absolute Gasteiger partial charge is 0.388 e. The highest BCUT2D eigenvalue weighted by Gasteiger charge is 2.37. The van der Waals surface area contributed by atoms with Crippen LogP contribution in [0.25, 0.3) is 0 Å². The SMILES string of the molecule is NC(CC(O)c1ccc(Cl)cc1)C(F)(F)F. The van der Waals surface area contributed by atoms with Crippen molar-refractivity contribution in [2.75, 3.05) is 0 Å². The first-order chi connectivity index (χ1) is 7.30. The van der Waals surface area contributed by atoms with Crippen molar-refractivity contribution in [2.45, 2.75) is 24.7 Å². The van der Waals surface area contributed by atoms with Crippen molar-refractivity contribution in [3.05, 3.63) is 34.9 Å². The Morgan fingerprint density at radius 2 is 1.75 bits per heavy atom. The second kappa shape index (κ2) is 5.03. The molecule has 0 aromatic heterocycles. The molecule has 0 aliphatic carbocycles. The minimum Gasteiger partial charge on any atom is -0.388 e. The van der Waals surface area contributed by atoms with E-state index in [1.165, 1.54) is 24.3 Å². The van der Waals surface area contributed by atoms with Gasteiger partial charge in [0.15, 0.2) is 0 Å². The van der Waals surface area contributed by atoms with E-state index in [9.17, 15) is 18.3 Å². The summed E-state index contributed by atoms with van der Waals surface area (Å²) in [5.74, 6) is 0. The van der Waals surface area contributed by atoms with Gasteiger partial charge in [-0.1, -0.05) is 23.7 Å². The average Bonchev–Trinajstić information content (AvgIpc) is 2.17. The zero-order chi connectivity index (χ0) is 12.3. The van der Waals surface area contributed by atoms with Gasteiger partial charge in [0.2, 0.25) is 0 Å². The third kappa shape index (κ3) is 3.66. The molecule has 0 aliphatic heterocycles. The summed E-state index contributed by atoms with van der Waals surface area (Å²) < 4.78 is 36.4. The second-order valence-electron chi connectivity index (χ2n) is 3.45. The zero-order valence-corrected chi connectivity index (χ0v) is 8.96. The quantitative estimate of drug-likeness (QED) is 0.870. The highest BCUT2D eigenvalue weighted by Crippen LogP contribution is 2.27. The van der Waals surface area contributed by atoms with Gasteiger partial charge < -0.3 is 10.8 Å². The summed E-state index contributed by atoms with van der Waals surface area (Å²) in [6, 6.07) is 3.91. The molecule has 2 atom stereocenters. The molecule has 6 heteroatoms. The number of alkyl halides is 3. The van der Waals surface area contributed by atoms with Gasteiger partial charge in [0.25, 0.3) is 0 Å². The Morgan fingerprint density at radius 1 is 1.25 bits per heavy atom. The maximum Gasteiger partial charge on any atom is 0.403 e. The van der Waals surface area contributed by atoms with Crippen molar-refractivity contribution in [3.63, 3.8) is 0 Å². The molecule has 16 heavy (non-hydrogen) atoms. The van der Waals surface area contributed by atoms with Gasteiger partial charge in [0, 0.05) is 11.4 Å². The van der Waals surface area contributed by atoms with E-state index < -0.39 is 24.7 Å². The third-order valence-corrected chi connectivity index (χ3v) is 2.40. The molecule has 0 bridgehead atoms. The molecule has 0 heterocycles. The maximum absolute atomic E-state index is 12.1. The standard InChI is InChI=1S/C10H11ClF3NO/c11-7-3-1-6(2-4-7)8(16)5-9(15)10(12,13)14/h1-4,8-9,16H,5,15H2. The van der Waals surface area contributed by atoms with Gasteiger partial charge in [0.1, 0.15) is 6.04 Å². The van der Waals surface area contributed by atoms with Crippen LogP contribution in [0, 0.1) is 0 Å². The van der Waals surface area contributed by atoms with Gasteiger partial charge in [-0.15, -0.1) is 0 Å². The molecule has 2 unspecified atom stereocenters. The number of hydrogen-bond acceptors (Lipinski definition) is 2. The molecule has 3 N–H and O–H groups in total. The predicted octanol–water partition coefficient (Wildman–Crippen LogP) is 2.65. The predicted molar refractivity (Wildman–Crippen MR) is 55.1 cm³/mol. The summed E-state index contributed by atoms with van der Waals surface area (Å²) in [7, 11) is 0. The van der Waals surface area contributed by atoms with Crippen molar-refractivity contribution < 1.29 is 18.3 Å². The van der Waals surface area contributed by atoms with E-state index in [-0.39, 0.29) is 0 Å². The molecule has 1 aromatic carbocycles. The number of aliphatic hydroxyl groups excluding tert-OH is 1. The van der Waals surface area contributed by atoms with Crippen LogP contribution >= 0.6 is 11.6 Å². The lowest BCUT2D eigenvalue weighted by molar-refractivity contribution is -0.153. The molecular formula is C10H11ClF3NO. The largest absolute Gasteiger partial charge is 0.403 e. The Labute approximate surface area is 95.8 Å². The Kier molecular flexibility index (Phi) is 4.18. The molecule has 0 saturated carbocycles. The van der Waals surface area contributed by atoms with Crippen molar-refractivity contribution in [3.8, 4) is 0 Å². The van der Waals surface area contributed by atoms with E-state index >= 15 is 0 Å². The monoisotopic (exact) mass is 253 g/mol. The normalized spacial score (nSPS) is 15.9. The summed E-state index contributed by atoms with van der Waals surface area (Å²) in [5, 5.41) is 9.98. The summed E-state index contributed by atoms with van der Waals surface area (Å²) in [4.78, 5) is 0. The van der Waals surface area contributed by atoms with Crippen molar-refractivity contribution in [1.82, 2.24) is 0 Å². The molecule has 1 rings (SSSR count). The molecule has 90 valence electrons. The van der Waals surface area contributed by atoms with Gasteiger partial charge in [-0.05, 0) is 17.7 Å². The third-order valence-electron chi connectivity index (χ3n) is 2.15. The van der Waals surface area contributed by atoms with Crippen molar-refractivity contribution >= 4 is 11.6 Å². The van der Waals surface area contributed by atoms with Crippen LogP contribution in [-0.2, 0) is 0 Å². The topological polar surface area (TPSA) is 46.2 Å². The average molecular weight is 254 g/mol. The number of halogens is 4. The molecule has 0 fully saturated rings. The Balaban J connectivity index is 2.65. The first-order valence-electron chi connectivity index (χ1n) is 4.56.